The summed E-state index contributed by atoms with van der Waals surface area (Å²) < 4.78 is 0. The van der Waals surface area contributed by atoms with Gasteiger partial charge in [-0.15, -0.1) is 0 Å². The van der Waals surface area contributed by atoms with E-state index in [1.165, 1.54) is 5.69 Å². The summed E-state index contributed by atoms with van der Waals surface area (Å²) in [5.74, 6) is 1.79. The third-order valence-corrected chi connectivity index (χ3v) is 3.76. The molecular weight excluding hydrogens is 280 g/mol. The van der Waals surface area contributed by atoms with Gasteiger partial charge in [-0.3, -0.25) is 0 Å². The summed E-state index contributed by atoms with van der Waals surface area (Å²) in [6.07, 6.45) is 4.28. The standard InChI is InChI=1S/C16H22N4S/c1-4-5-11-20(13-9-7-6-8-10-13)15-12-14(17-2)18-16(19-15)21-3/h6-10,12H,4-5,11H2,1-3H3,(H,17,18,19). The predicted octanol–water partition coefficient (Wildman–Crippen LogP) is 4.18. The van der Waals surface area contributed by atoms with Gasteiger partial charge < -0.3 is 10.2 Å². The molecule has 112 valence electrons. The van der Waals surface area contributed by atoms with E-state index in [-0.39, 0.29) is 0 Å². The number of hydrogen-bond donors (Lipinski definition) is 1. The zero-order chi connectivity index (χ0) is 15.1. The number of nitrogens with one attached hydrogen (secondary N) is 1. The summed E-state index contributed by atoms with van der Waals surface area (Å²) >= 11 is 1.56. The van der Waals surface area contributed by atoms with Gasteiger partial charge in [0.2, 0.25) is 0 Å². The molecule has 1 aromatic carbocycles. The SMILES string of the molecule is CCCCN(c1ccccc1)c1cc(NC)nc(SC)n1. The van der Waals surface area contributed by atoms with Crippen molar-refractivity contribution in [2.45, 2.75) is 24.9 Å². The van der Waals surface area contributed by atoms with Crippen LogP contribution in [0.1, 0.15) is 19.8 Å². The second-order valence-electron chi connectivity index (χ2n) is 4.69. The second kappa shape index (κ2) is 7.88. The van der Waals surface area contributed by atoms with Gasteiger partial charge in [-0.05, 0) is 24.8 Å². The molecule has 0 atom stereocenters. The van der Waals surface area contributed by atoms with Gasteiger partial charge in [-0.25, -0.2) is 9.97 Å². The lowest BCUT2D eigenvalue weighted by Gasteiger charge is -2.24. The lowest BCUT2D eigenvalue weighted by Crippen LogP contribution is -2.20. The quantitative estimate of drug-likeness (QED) is 0.614. The molecule has 0 radical (unpaired) electrons. The van der Waals surface area contributed by atoms with Crippen molar-refractivity contribution in [1.82, 2.24) is 9.97 Å². The zero-order valence-electron chi connectivity index (χ0n) is 12.8. The lowest BCUT2D eigenvalue weighted by molar-refractivity contribution is 0.772. The molecule has 0 fully saturated rings. The van der Waals surface area contributed by atoms with E-state index in [1.54, 1.807) is 11.8 Å². The Morgan fingerprint density at radius 2 is 1.95 bits per heavy atom. The van der Waals surface area contributed by atoms with Crippen LogP contribution in [-0.4, -0.2) is 29.8 Å². The number of unbranched alkanes of at least 4 members (excludes halogenated alkanes) is 1. The molecule has 1 N–H and O–H groups in total. The molecule has 21 heavy (non-hydrogen) atoms. The van der Waals surface area contributed by atoms with Crippen molar-refractivity contribution in [2.24, 2.45) is 0 Å². The number of para-hydroxylation sites is 1. The molecule has 0 spiro atoms. The highest BCUT2D eigenvalue weighted by molar-refractivity contribution is 7.98. The van der Waals surface area contributed by atoms with Crippen LogP contribution in [0.3, 0.4) is 0 Å². The Kier molecular flexibility index (Phi) is 5.87. The van der Waals surface area contributed by atoms with E-state index in [0.717, 1.165) is 36.2 Å². The van der Waals surface area contributed by atoms with Crippen molar-refractivity contribution in [3.05, 3.63) is 36.4 Å². The van der Waals surface area contributed by atoms with E-state index in [4.69, 9.17) is 0 Å². The maximum absolute atomic E-state index is 4.67. The normalized spacial score (nSPS) is 10.4. The fraction of sp³-hybridized carbons (Fsp3) is 0.375. The van der Waals surface area contributed by atoms with Crippen LogP contribution in [0.2, 0.25) is 0 Å². The molecule has 0 aliphatic rings. The van der Waals surface area contributed by atoms with Gasteiger partial charge in [0.15, 0.2) is 5.16 Å². The Balaban J connectivity index is 2.40. The maximum atomic E-state index is 4.67. The minimum atomic E-state index is 0.786. The predicted molar refractivity (Wildman–Crippen MR) is 91.7 cm³/mol. The fourth-order valence-corrected chi connectivity index (χ4v) is 2.45. The smallest absolute Gasteiger partial charge is 0.191 e. The third-order valence-electron chi connectivity index (χ3n) is 3.21. The second-order valence-corrected chi connectivity index (χ2v) is 5.46. The van der Waals surface area contributed by atoms with Crippen molar-refractivity contribution in [1.29, 1.82) is 0 Å². The number of hydrogen-bond acceptors (Lipinski definition) is 5. The minimum absolute atomic E-state index is 0.786. The van der Waals surface area contributed by atoms with Crippen LogP contribution in [0.4, 0.5) is 17.3 Å². The molecule has 1 heterocycles. The van der Waals surface area contributed by atoms with Crippen LogP contribution >= 0.6 is 11.8 Å². The van der Waals surface area contributed by atoms with E-state index in [2.05, 4.69) is 51.4 Å². The van der Waals surface area contributed by atoms with Crippen LogP contribution in [0, 0.1) is 0 Å². The maximum Gasteiger partial charge on any atom is 0.191 e. The molecule has 4 nitrogen and oxygen atoms in total. The average Bonchev–Trinajstić information content (AvgIpc) is 2.55. The average molecular weight is 302 g/mol. The Labute approximate surface area is 131 Å². The largest absolute Gasteiger partial charge is 0.373 e. The number of nitrogens with zero attached hydrogens (tertiary/aromatic N) is 3. The van der Waals surface area contributed by atoms with Gasteiger partial charge in [0.1, 0.15) is 11.6 Å². The number of anilines is 3. The van der Waals surface area contributed by atoms with Crippen LogP contribution in [0.15, 0.2) is 41.6 Å². The highest BCUT2D eigenvalue weighted by Gasteiger charge is 2.12. The topological polar surface area (TPSA) is 41.0 Å². The van der Waals surface area contributed by atoms with Crippen molar-refractivity contribution < 1.29 is 0 Å². The number of thioether (sulfide) groups is 1. The molecular formula is C16H22N4S. The van der Waals surface area contributed by atoms with E-state index >= 15 is 0 Å². The molecule has 1 aromatic heterocycles. The first-order valence-electron chi connectivity index (χ1n) is 7.22. The number of rotatable bonds is 7. The molecule has 2 aromatic rings. The van der Waals surface area contributed by atoms with E-state index in [1.807, 2.05) is 25.4 Å². The summed E-state index contributed by atoms with van der Waals surface area (Å²) in [6.45, 7) is 3.16. The number of aromatic nitrogens is 2. The Morgan fingerprint density at radius 1 is 1.19 bits per heavy atom. The first-order valence-corrected chi connectivity index (χ1v) is 8.44. The van der Waals surface area contributed by atoms with Crippen molar-refractivity contribution in [3.8, 4) is 0 Å². The van der Waals surface area contributed by atoms with E-state index in [9.17, 15) is 0 Å². The third kappa shape index (κ3) is 4.11. The summed E-state index contributed by atoms with van der Waals surface area (Å²) in [5, 5.41) is 3.90. The number of benzene rings is 1. The van der Waals surface area contributed by atoms with Crippen LogP contribution < -0.4 is 10.2 Å². The Bertz CT molecular complexity index is 537. The summed E-state index contributed by atoms with van der Waals surface area (Å²) in [4.78, 5) is 11.4. The molecule has 0 bridgehead atoms. The van der Waals surface area contributed by atoms with Gasteiger partial charge in [-0.1, -0.05) is 43.3 Å². The van der Waals surface area contributed by atoms with Gasteiger partial charge in [0, 0.05) is 25.3 Å². The summed E-state index contributed by atoms with van der Waals surface area (Å²) in [6, 6.07) is 12.4. The zero-order valence-corrected chi connectivity index (χ0v) is 13.7. The molecule has 0 aliphatic heterocycles. The fourth-order valence-electron chi connectivity index (χ4n) is 2.07. The molecule has 5 heteroatoms. The molecule has 0 saturated heterocycles. The summed E-state index contributed by atoms with van der Waals surface area (Å²) in [5.41, 5.74) is 1.17. The van der Waals surface area contributed by atoms with E-state index in [0.29, 0.717) is 0 Å². The summed E-state index contributed by atoms with van der Waals surface area (Å²) in [7, 11) is 1.88. The van der Waals surface area contributed by atoms with E-state index < -0.39 is 0 Å². The molecule has 0 saturated carbocycles. The van der Waals surface area contributed by atoms with Crippen molar-refractivity contribution in [3.63, 3.8) is 0 Å². The van der Waals surface area contributed by atoms with Gasteiger partial charge >= 0.3 is 0 Å². The first-order chi connectivity index (χ1) is 10.3. The lowest BCUT2D eigenvalue weighted by atomic mass is 10.2. The van der Waals surface area contributed by atoms with Gasteiger partial charge in [0.05, 0.1) is 0 Å². The highest BCUT2D eigenvalue weighted by Crippen LogP contribution is 2.27. The first kappa shape index (κ1) is 15.6. The highest BCUT2D eigenvalue weighted by atomic mass is 32.2. The molecule has 2 rings (SSSR count). The molecule has 0 amide bonds. The van der Waals surface area contributed by atoms with Crippen LogP contribution in [0.5, 0.6) is 0 Å². The Hall–Kier alpha value is -1.75. The van der Waals surface area contributed by atoms with Crippen LogP contribution in [-0.2, 0) is 0 Å². The molecule has 0 aliphatic carbocycles. The Morgan fingerprint density at radius 3 is 2.57 bits per heavy atom. The minimum Gasteiger partial charge on any atom is -0.373 e. The van der Waals surface area contributed by atoms with Gasteiger partial charge in [0.25, 0.3) is 0 Å². The monoisotopic (exact) mass is 302 g/mol. The van der Waals surface area contributed by atoms with Crippen molar-refractivity contribution >= 4 is 29.1 Å². The van der Waals surface area contributed by atoms with Crippen LogP contribution in [0.25, 0.3) is 0 Å². The molecule has 0 unspecified atom stereocenters. The van der Waals surface area contributed by atoms with Crippen molar-refractivity contribution in [2.75, 3.05) is 30.1 Å². The van der Waals surface area contributed by atoms with Gasteiger partial charge in [-0.2, -0.15) is 0 Å².